The molecule has 1 heterocycles. The molecule has 29 heavy (non-hydrogen) atoms. The van der Waals surface area contributed by atoms with Gasteiger partial charge in [-0.3, -0.25) is 14.5 Å². The molecule has 146 valence electrons. The van der Waals surface area contributed by atoms with Crippen LogP contribution in [-0.4, -0.2) is 18.9 Å². The maximum atomic E-state index is 13.2. The Morgan fingerprint density at radius 1 is 0.759 bits per heavy atom. The van der Waals surface area contributed by atoms with Crippen LogP contribution in [0.4, 0.5) is 5.69 Å². The van der Waals surface area contributed by atoms with Gasteiger partial charge in [0.15, 0.2) is 0 Å². The van der Waals surface area contributed by atoms with Crippen molar-refractivity contribution in [3.63, 3.8) is 0 Å². The van der Waals surface area contributed by atoms with Crippen LogP contribution < -0.4 is 14.4 Å². The fraction of sp³-hybridized carbons (Fsp3) is 0.333. The van der Waals surface area contributed by atoms with Gasteiger partial charge < -0.3 is 9.47 Å². The third-order valence-electron chi connectivity index (χ3n) is 7.05. The number of carbonyl (C=O) groups is 2. The minimum Gasteiger partial charge on any atom is -0.497 e. The first kappa shape index (κ1) is 16.8. The van der Waals surface area contributed by atoms with E-state index in [0.29, 0.717) is 29.0 Å². The maximum absolute atomic E-state index is 13.2. The van der Waals surface area contributed by atoms with E-state index >= 15 is 0 Å². The number of rotatable bonds is 4. The van der Waals surface area contributed by atoms with Gasteiger partial charge in [0.1, 0.15) is 17.2 Å². The summed E-state index contributed by atoms with van der Waals surface area (Å²) in [6.07, 6.45) is 5.56. The highest BCUT2D eigenvalue weighted by Gasteiger charge is 2.67. The van der Waals surface area contributed by atoms with Gasteiger partial charge in [0.25, 0.3) is 0 Å². The Kier molecular flexibility index (Phi) is 3.46. The second kappa shape index (κ2) is 5.96. The summed E-state index contributed by atoms with van der Waals surface area (Å²) in [7, 11) is 1.62. The Labute approximate surface area is 168 Å². The van der Waals surface area contributed by atoms with E-state index in [1.807, 2.05) is 24.3 Å². The number of anilines is 1. The molecule has 0 N–H and O–H groups in total. The van der Waals surface area contributed by atoms with E-state index in [1.54, 1.807) is 31.4 Å². The minimum atomic E-state index is -0.170. The van der Waals surface area contributed by atoms with Crippen molar-refractivity contribution in [1.82, 2.24) is 0 Å². The lowest BCUT2D eigenvalue weighted by atomic mass is 9.63. The fourth-order valence-electron chi connectivity index (χ4n) is 5.65. The van der Waals surface area contributed by atoms with Gasteiger partial charge >= 0.3 is 0 Å². The van der Waals surface area contributed by atoms with Crippen molar-refractivity contribution >= 4 is 17.5 Å². The predicted octanol–water partition coefficient (Wildman–Crippen LogP) is 4.05. The van der Waals surface area contributed by atoms with Gasteiger partial charge in [-0.05, 0) is 78.6 Å². The molecule has 0 unspecified atom stereocenters. The van der Waals surface area contributed by atoms with Crippen molar-refractivity contribution in [3.05, 3.63) is 60.7 Å². The van der Waals surface area contributed by atoms with E-state index in [9.17, 15) is 9.59 Å². The first-order chi connectivity index (χ1) is 14.2. The molecule has 1 aliphatic heterocycles. The molecule has 2 bridgehead atoms. The largest absolute Gasteiger partial charge is 0.497 e. The van der Waals surface area contributed by atoms with Crippen LogP contribution in [-0.2, 0) is 9.59 Å². The summed E-state index contributed by atoms with van der Waals surface area (Å²) in [5.41, 5.74) is 0.629. The molecule has 7 rings (SSSR count). The fourth-order valence-corrected chi connectivity index (χ4v) is 5.65. The third-order valence-corrected chi connectivity index (χ3v) is 7.05. The molecule has 2 amide bonds. The SMILES string of the molecule is COc1ccc(Oc2ccc(N3C(=O)[C@@H]4[C@H]5C=C[C@@H]([C@@H]6C[C@H]56)[C@@H]4C3=O)cc2)cc1. The molecule has 0 spiro atoms. The molecule has 5 aliphatic rings. The van der Waals surface area contributed by atoms with E-state index in [0.717, 1.165) is 5.75 Å². The molecule has 5 heteroatoms. The van der Waals surface area contributed by atoms with Crippen molar-refractivity contribution in [2.45, 2.75) is 6.42 Å². The molecule has 6 atom stereocenters. The predicted molar refractivity (Wildman–Crippen MR) is 107 cm³/mol. The van der Waals surface area contributed by atoms with Crippen LogP contribution in [0.25, 0.3) is 0 Å². The lowest BCUT2D eigenvalue weighted by Crippen LogP contribution is -2.40. The Balaban J connectivity index is 1.23. The summed E-state index contributed by atoms with van der Waals surface area (Å²) in [6.45, 7) is 0. The van der Waals surface area contributed by atoms with Crippen LogP contribution in [0.2, 0.25) is 0 Å². The molecule has 0 radical (unpaired) electrons. The number of benzene rings is 2. The third kappa shape index (κ3) is 2.40. The number of ether oxygens (including phenoxy) is 2. The molecular weight excluding hydrogens is 366 g/mol. The molecule has 3 fully saturated rings. The second-order valence-corrected chi connectivity index (χ2v) is 8.44. The van der Waals surface area contributed by atoms with Crippen molar-refractivity contribution < 1.29 is 19.1 Å². The quantitative estimate of drug-likeness (QED) is 0.587. The normalized spacial score (nSPS) is 33.5. The summed E-state index contributed by atoms with van der Waals surface area (Å²) in [6, 6.07) is 14.5. The number of hydrogen-bond acceptors (Lipinski definition) is 4. The zero-order chi connectivity index (χ0) is 19.7. The van der Waals surface area contributed by atoms with Crippen LogP contribution in [0, 0.1) is 35.5 Å². The molecule has 2 aromatic carbocycles. The molecule has 2 saturated carbocycles. The summed E-state index contributed by atoms with van der Waals surface area (Å²) >= 11 is 0. The van der Waals surface area contributed by atoms with Gasteiger partial charge in [-0.2, -0.15) is 0 Å². The highest BCUT2D eigenvalue weighted by Crippen LogP contribution is 2.65. The van der Waals surface area contributed by atoms with Gasteiger partial charge in [-0.25, -0.2) is 0 Å². The van der Waals surface area contributed by atoms with Crippen molar-refractivity contribution in [1.29, 1.82) is 0 Å². The van der Waals surface area contributed by atoms with Crippen LogP contribution in [0.1, 0.15) is 6.42 Å². The van der Waals surface area contributed by atoms with Gasteiger partial charge in [-0.15, -0.1) is 0 Å². The van der Waals surface area contributed by atoms with Crippen molar-refractivity contribution in [2.24, 2.45) is 35.5 Å². The maximum Gasteiger partial charge on any atom is 0.238 e. The number of methoxy groups -OCH3 is 1. The second-order valence-electron chi connectivity index (χ2n) is 8.44. The summed E-state index contributed by atoms with van der Waals surface area (Å²) in [4.78, 5) is 27.7. The average Bonchev–Trinajstić information content (AvgIpc) is 3.53. The lowest BCUT2D eigenvalue weighted by molar-refractivity contribution is -0.124. The average molecular weight is 387 g/mol. The van der Waals surface area contributed by atoms with Crippen LogP contribution >= 0.6 is 0 Å². The number of allylic oxidation sites excluding steroid dienone is 2. The van der Waals surface area contributed by atoms with Gasteiger partial charge in [0.05, 0.1) is 24.6 Å². The van der Waals surface area contributed by atoms with Gasteiger partial charge in [-0.1, -0.05) is 12.2 Å². The standard InChI is InChI=1S/C24H21NO4/c1-28-14-6-8-16(9-7-14)29-15-4-2-13(3-5-15)25-23(26)21-17-10-11-18(20-12-19(17)20)22(21)24(25)27/h2-11,17-22H,12H2,1H3/t17-,18-,19-,20+,21-,22+/m0/s1. The highest BCUT2D eigenvalue weighted by atomic mass is 16.5. The summed E-state index contributed by atoms with van der Waals surface area (Å²) in [5.74, 6) is 3.42. The minimum absolute atomic E-state index is 0.0338. The van der Waals surface area contributed by atoms with E-state index in [-0.39, 0.29) is 35.5 Å². The number of amides is 2. The van der Waals surface area contributed by atoms with Crippen LogP contribution in [0.5, 0.6) is 17.2 Å². The monoisotopic (exact) mass is 387 g/mol. The van der Waals surface area contributed by atoms with Crippen LogP contribution in [0.3, 0.4) is 0 Å². The number of imide groups is 1. The van der Waals surface area contributed by atoms with Gasteiger partial charge in [0, 0.05) is 0 Å². The summed E-state index contributed by atoms with van der Waals surface area (Å²) < 4.78 is 11.0. The van der Waals surface area contributed by atoms with E-state index in [1.165, 1.54) is 11.3 Å². The van der Waals surface area contributed by atoms with Crippen LogP contribution in [0.15, 0.2) is 60.7 Å². The molecular formula is C24H21NO4. The van der Waals surface area contributed by atoms with E-state index < -0.39 is 0 Å². The zero-order valence-corrected chi connectivity index (χ0v) is 16.0. The van der Waals surface area contributed by atoms with E-state index in [2.05, 4.69) is 12.2 Å². The number of hydrogen-bond donors (Lipinski definition) is 0. The molecule has 1 saturated heterocycles. The number of carbonyl (C=O) groups excluding carboxylic acids is 2. The van der Waals surface area contributed by atoms with Crippen molar-refractivity contribution in [2.75, 3.05) is 12.0 Å². The van der Waals surface area contributed by atoms with Gasteiger partial charge in [0.2, 0.25) is 11.8 Å². The smallest absolute Gasteiger partial charge is 0.238 e. The molecule has 2 aromatic rings. The first-order valence-corrected chi connectivity index (χ1v) is 10.1. The first-order valence-electron chi connectivity index (χ1n) is 10.1. The summed E-state index contributed by atoms with van der Waals surface area (Å²) in [5, 5.41) is 0. The Morgan fingerprint density at radius 3 is 1.76 bits per heavy atom. The molecule has 5 nitrogen and oxygen atoms in total. The Bertz CT molecular complexity index is 990. The molecule has 0 aromatic heterocycles. The highest BCUT2D eigenvalue weighted by molar-refractivity contribution is 6.22. The zero-order valence-electron chi connectivity index (χ0n) is 16.0. The molecule has 4 aliphatic carbocycles. The Hall–Kier alpha value is -3.08. The topological polar surface area (TPSA) is 55.8 Å². The Morgan fingerprint density at radius 2 is 1.24 bits per heavy atom. The van der Waals surface area contributed by atoms with E-state index in [4.69, 9.17) is 9.47 Å². The lowest BCUT2D eigenvalue weighted by Gasteiger charge is -2.37. The van der Waals surface area contributed by atoms with Crippen molar-refractivity contribution in [3.8, 4) is 17.2 Å². The number of nitrogens with zero attached hydrogens (tertiary/aromatic N) is 1.